The minimum atomic E-state index is 0.212. The topological polar surface area (TPSA) is 41.1 Å². The zero-order valence-corrected chi connectivity index (χ0v) is 9.59. The lowest BCUT2D eigenvalue weighted by atomic mass is 10.1. The molecule has 2 N–H and O–H groups in total. The summed E-state index contributed by atoms with van der Waals surface area (Å²) < 4.78 is 0. The minimum Gasteiger partial charge on any atom is -0.356 e. The summed E-state index contributed by atoms with van der Waals surface area (Å²) in [5.41, 5.74) is 0. The number of rotatable bonds is 4. The van der Waals surface area contributed by atoms with Gasteiger partial charge in [-0.05, 0) is 32.1 Å². The van der Waals surface area contributed by atoms with Gasteiger partial charge in [-0.2, -0.15) is 0 Å². The maximum absolute atomic E-state index is 11.4. The molecule has 2 aliphatic rings. The van der Waals surface area contributed by atoms with Gasteiger partial charge in [-0.1, -0.05) is 12.8 Å². The molecule has 2 unspecified atom stereocenters. The van der Waals surface area contributed by atoms with Crippen molar-refractivity contribution in [3.05, 3.63) is 0 Å². The van der Waals surface area contributed by atoms with Crippen LogP contribution in [0.25, 0.3) is 0 Å². The van der Waals surface area contributed by atoms with E-state index in [0.29, 0.717) is 18.5 Å². The van der Waals surface area contributed by atoms with Gasteiger partial charge in [0, 0.05) is 25.0 Å². The van der Waals surface area contributed by atoms with Gasteiger partial charge in [-0.3, -0.25) is 4.79 Å². The molecule has 0 spiro atoms. The van der Waals surface area contributed by atoms with Gasteiger partial charge in [-0.25, -0.2) is 0 Å². The van der Waals surface area contributed by atoms with Crippen molar-refractivity contribution >= 4 is 5.91 Å². The Balaban J connectivity index is 1.73. The van der Waals surface area contributed by atoms with E-state index in [1.807, 2.05) is 0 Å². The lowest BCUT2D eigenvalue weighted by molar-refractivity contribution is -0.121. The van der Waals surface area contributed by atoms with Crippen LogP contribution in [0.5, 0.6) is 0 Å². The smallest absolute Gasteiger partial charge is 0.221 e. The van der Waals surface area contributed by atoms with E-state index in [1.165, 1.54) is 19.3 Å². The summed E-state index contributed by atoms with van der Waals surface area (Å²) in [7, 11) is 0. The summed E-state index contributed by atoms with van der Waals surface area (Å²) in [6.07, 6.45) is 7.02. The van der Waals surface area contributed by atoms with E-state index in [1.54, 1.807) is 0 Å². The van der Waals surface area contributed by atoms with Crippen molar-refractivity contribution in [2.45, 2.75) is 57.5 Å². The van der Waals surface area contributed by atoms with Crippen LogP contribution < -0.4 is 10.6 Å². The third kappa shape index (κ3) is 3.82. The molecule has 1 saturated carbocycles. The van der Waals surface area contributed by atoms with Gasteiger partial charge in [0.1, 0.15) is 0 Å². The van der Waals surface area contributed by atoms with Crippen LogP contribution >= 0.6 is 0 Å². The second-order valence-corrected chi connectivity index (χ2v) is 5.14. The van der Waals surface area contributed by atoms with E-state index in [0.717, 1.165) is 25.3 Å². The fraction of sp³-hybridized carbons (Fsp3) is 0.917. The van der Waals surface area contributed by atoms with E-state index in [9.17, 15) is 4.79 Å². The number of nitrogens with one attached hydrogen (secondary N) is 2. The van der Waals surface area contributed by atoms with Crippen LogP contribution in [0.3, 0.4) is 0 Å². The first-order valence-corrected chi connectivity index (χ1v) is 6.27. The first kappa shape index (κ1) is 10.9. The van der Waals surface area contributed by atoms with Crippen LogP contribution in [0.1, 0.15) is 45.4 Å². The van der Waals surface area contributed by atoms with Crippen molar-refractivity contribution in [1.29, 1.82) is 0 Å². The largest absolute Gasteiger partial charge is 0.356 e. The third-order valence-electron chi connectivity index (χ3n) is 3.39. The molecule has 1 aliphatic carbocycles. The van der Waals surface area contributed by atoms with Crippen molar-refractivity contribution in [3.63, 3.8) is 0 Å². The first-order valence-electron chi connectivity index (χ1n) is 6.27. The fourth-order valence-corrected chi connectivity index (χ4v) is 2.44. The van der Waals surface area contributed by atoms with Crippen molar-refractivity contribution in [1.82, 2.24) is 10.6 Å². The summed E-state index contributed by atoms with van der Waals surface area (Å²) in [5, 5.41) is 6.52. The van der Waals surface area contributed by atoms with Crippen LogP contribution in [0.2, 0.25) is 0 Å². The van der Waals surface area contributed by atoms with Gasteiger partial charge in [0.25, 0.3) is 0 Å². The maximum atomic E-state index is 11.4. The van der Waals surface area contributed by atoms with Gasteiger partial charge < -0.3 is 10.6 Å². The molecule has 0 bridgehead atoms. The molecular formula is C12H22N2O. The Morgan fingerprint density at radius 1 is 1.47 bits per heavy atom. The van der Waals surface area contributed by atoms with E-state index in [4.69, 9.17) is 0 Å². The molecule has 1 saturated heterocycles. The summed E-state index contributed by atoms with van der Waals surface area (Å²) in [5.74, 6) is 1.18. The quantitative estimate of drug-likeness (QED) is 0.737. The van der Waals surface area contributed by atoms with Gasteiger partial charge in [0.05, 0.1) is 0 Å². The molecule has 0 aromatic carbocycles. The highest BCUT2D eigenvalue weighted by Crippen LogP contribution is 2.33. The highest BCUT2D eigenvalue weighted by atomic mass is 16.1. The van der Waals surface area contributed by atoms with Gasteiger partial charge in [-0.15, -0.1) is 0 Å². The maximum Gasteiger partial charge on any atom is 0.221 e. The second kappa shape index (κ2) is 4.97. The molecule has 2 rings (SSSR count). The Labute approximate surface area is 92.0 Å². The van der Waals surface area contributed by atoms with E-state index in [-0.39, 0.29) is 5.91 Å². The molecule has 2 fully saturated rings. The molecule has 3 nitrogen and oxygen atoms in total. The standard InChI is InChI=1S/C12H22N2O/c1-9(7-10-4-5-10)14-11-3-2-6-13-12(15)8-11/h9-11,14H,2-8H2,1H3,(H,13,15). The van der Waals surface area contributed by atoms with E-state index >= 15 is 0 Å². The molecule has 1 heterocycles. The van der Waals surface area contributed by atoms with Crippen LogP contribution in [-0.2, 0) is 4.79 Å². The number of amides is 1. The number of hydrogen-bond donors (Lipinski definition) is 2. The fourth-order valence-electron chi connectivity index (χ4n) is 2.44. The highest BCUT2D eigenvalue weighted by Gasteiger charge is 2.25. The lowest BCUT2D eigenvalue weighted by Crippen LogP contribution is -2.38. The van der Waals surface area contributed by atoms with Gasteiger partial charge >= 0.3 is 0 Å². The zero-order valence-electron chi connectivity index (χ0n) is 9.59. The Kier molecular flexibility index (Phi) is 3.62. The van der Waals surface area contributed by atoms with Crippen molar-refractivity contribution < 1.29 is 4.79 Å². The molecule has 0 aromatic rings. The minimum absolute atomic E-state index is 0.212. The second-order valence-electron chi connectivity index (χ2n) is 5.14. The van der Waals surface area contributed by atoms with E-state index < -0.39 is 0 Å². The average Bonchev–Trinajstić information content (AvgIpc) is 2.95. The monoisotopic (exact) mass is 210 g/mol. The Hall–Kier alpha value is -0.570. The number of hydrogen-bond acceptors (Lipinski definition) is 2. The molecule has 15 heavy (non-hydrogen) atoms. The molecule has 1 aliphatic heterocycles. The van der Waals surface area contributed by atoms with Crippen molar-refractivity contribution in [2.24, 2.45) is 5.92 Å². The van der Waals surface area contributed by atoms with Crippen molar-refractivity contribution in [3.8, 4) is 0 Å². The Bertz CT molecular complexity index is 226. The van der Waals surface area contributed by atoms with Crippen LogP contribution in [-0.4, -0.2) is 24.5 Å². The highest BCUT2D eigenvalue weighted by molar-refractivity contribution is 5.76. The molecule has 2 atom stereocenters. The van der Waals surface area contributed by atoms with Gasteiger partial charge in [0.15, 0.2) is 0 Å². The normalized spacial score (nSPS) is 29.4. The van der Waals surface area contributed by atoms with Crippen LogP contribution in [0.4, 0.5) is 0 Å². The van der Waals surface area contributed by atoms with Gasteiger partial charge in [0.2, 0.25) is 5.91 Å². The predicted molar refractivity (Wildman–Crippen MR) is 60.6 cm³/mol. The molecule has 0 radical (unpaired) electrons. The summed E-state index contributed by atoms with van der Waals surface area (Å²) in [6.45, 7) is 3.11. The Morgan fingerprint density at radius 2 is 2.27 bits per heavy atom. The third-order valence-corrected chi connectivity index (χ3v) is 3.39. The average molecular weight is 210 g/mol. The first-order chi connectivity index (χ1) is 7.24. The SMILES string of the molecule is CC(CC1CC1)NC1CCCNC(=O)C1. The summed E-state index contributed by atoms with van der Waals surface area (Å²) >= 11 is 0. The number of carbonyl (C=O) groups is 1. The summed E-state index contributed by atoms with van der Waals surface area (Å²) in [4.78, 5) is 11.4. The summed E-state index contributed by atoms with van der Waals surface area (Å²) in [6, 6.07) is 0.981. The number of carbonyl (C=O) groups excluding carboxylic acids is 1. The predicted octanol–water partition coefficient (Wildman–Crippen LogP) is 1.43. The molecule has 0 aromatic heterocycles. The lowest BCUT2D eigenvalue weighted by Gasteiger charge is -2.21. The van der Waals surface area contributed by atoms with Crippen molar-refractivity contribution in [2.75, 3.05) is 6.54 Å². The Morgan fingerprint density at radius 3 is 3.00 bits per heavy atom. The molecule has 86 valence electrons. The molecular weight excluding hydrogens is 188 g/mol. The molecule has 3 heteroatoms. The zero-order chi connectivity index (χ0) is 10.7. The van der Waals surface area contributed by atoms with E-state index in [2.05, 4.69) is 17.6 Å². The molecule has 1 amide bonds. The van der Waals surface area contributed by atoms with Crippen LogP contribution in [0, 0.1) is 5.92 Å². The van der Waals surface area contributed by atoms with Crippen LogP contribution in [0.15, 0.2) is 0 Å².